The standard InChI is InChI=1S/C18H27F3O/c1-15(2)14-8-11-16(3)9-4-6-13(17(16,12-14)22-15)7-5-10-18(19,20)21/h6,14H,4-5,7-12H2,1-3H3/t14-,16+,17+/m1/s1. The number of hydrogen-bond acceptors (Lipinski definition) is 1. The van der Waals surface area contributed by atoms with E-state index in [1.807, 2.05) is 0 Å². The Morgan fingerprint density at radius 1 is 1.23 bits per heavy atom. The predicted octanol–water partition coefficient (Wildman–Crippen LogP) is 5.79. The molecule has 1 saturated heterocycles. The Balaban J connectivity index is 1.83. The van der Waals surface area contributed by atoms with E-state index in [1.54, 1.807) is 0 Å². The smallest absolute Gasteiger partial charge is 0.364 e. The number of allylic oxidation sites excluding steroid dienone is 1. The zero-order valence-corrected chi connectivity index (χ0v) is 13.9. The van der Waals surface area contributed by atoms with Crippen LogP contribution in [0.3, 0.4) is 0 Å². The molecule has 1 saturated carbocycles. The van der Waals surface area contributed by atoms with E-state index in [-0.39, 0.29) is 23.0 Å². The van der Waals surface area contributed by atoms with Gasteiger partial charge in [-0.2, -0.15) is 13.2 Å². The van der Waals surface area contributed by atoms with E-state index >= 15 is 0 Å². The Kier molecular flexibility index (Phi) is 3.71. The van der Waals surface area contributed by atoms with Crippen molar-refractivity contribution in [3.63, 3.8) is 0 Å². The van der Waals surface area contributed by atoms with Gasteiger partial charge in [0.2, 0.25) is 0 Å². The van der Waals surface area contributed by atoms with Crippen LogP contribution < -0.4 is 0 Å². The molecule has 0 radical (unpaired) electrons. The predicted molar refractivity (Wildman–Crippen MR) is 80.6 cm³/mol. The van der Waals surface area contributed by atoms with Gasteiger partial charge in [-0.15, -0.1) is 0 Å². The van der Waals surface area contributed by atoms with Gasteiger partial charge in [0.1, 0.15) is 0 Å². The molecule has 1 heterocycles. The third kappa shape index (κ3) is 2.51. The van der Waals surface area contributed by atoms with Gasteiger partial charge < -0.3 is 4.74 Å². The molecule has 0 aromatic heterocycles. The van der Waals surface area contributed by atoms with Crippen LogP contribution in [-0.4, -0.2) is 17.4 Å². The van der Waals surface area contributed by atoms with E-state index in [2.05, 4.69) is 26.8 Å². The quantitative estimate of drug-likeness (QED) is 0.598. The van der Waals surface area contributed by atoms with Crippen molar-refractivity contribution in [3.8, 4) is 0 Å². The minimum Gasteiger partial charge on any atom is -0.364 e. The molecule has 0 unspecified atom stereocenters. The highest BCUT2D eigenvalue weighted by molar-refractivity contribution is 5.31. The van der Waals surface area contributed by atoms with Crippen LogP contribution in [0.15, 0.2) is 11.6 Å². The van der Waals surface area contributed by atoms with Crippen molar-refractivity contribution in [1.82, 2.24) is 0 Å². The number of halogens is 3. The van der Waals surface area contributed by atoms with E-state index in [0.29, 0.717) is 12.3 Å². The normalized spacial score (nSPS) is 40.3. The van der Waals surface area contributed by atoms with Crippen molar-refractivity contribution in [3.05, 3.63) is 11.6 Å². The van der Waals surface area contributed by atoms with Gasteiger partial charge in [0, 0.05) is 11.8 Å². The molecule has 3 rings (SSSR count). The van der Waals surface area contributed by atoms with Crippen molar-refractivity contribution in [2.45, 2.75) is 89.5 Å². The second-order valence-corrected chi connectivity index (χ2v) is 8.27. The molecule has 0 aromatic rings. The summed E-state index contributed by atoms with van der Waals surface area (Å²) in [6, 6.07) is 0. The van der Waals surface area contributed by atoms with Gasteiger partial charge in [-0.25, -0.2) is 0 Å². The maximum Gasteiger partial charge on any atom is 0.389 e. The molecule has 22 heavy (non-hydrogen) atoms. The van der Waals surface area contributed by atoms with Crippen molar-refractivity contribution in [2.24, 2.45) is 11.3 Å². The Morgan fingerprint density at radius 2 is 1.95 bits per heavy atom. The molecule has 2 fully saturated rings. The summed E-state index contributed by atoms with van der Waals surface area (Å²) < 4.78 is 44.0. The van der Waals surface area contributed by atoms with Crippen LogP contribution in [0, 0.1) is 11.3 Å². The van der Waals surface area contributed by atoms with Gasteiger partial charge in [-0.3, -0.25) is 0 Å². The summed E-state index contributed by atoms with van der Waals surface area (Å²) in [7, 11) is 0. The zero-order valence-electron chi connectivity index (χ0n) is 13.9. The second kappa shape index (κ2) is 4.99. The maximum atomic E-state index is 12.5. The summed E-state index contributed by atoms with van der Waals surface area (Å²) in [4.78, 5) is 0. The van der Waals surface area contributed by atoms with Crippen LogP contribution in [0.1, 0.15) is 72.1 Å². The van der Waals surface area contributed by atoms with Gasteiger partial charge in [0.15, 0.2) is 0 Å². The third-order valence-corrected chi connectivity index (χ3v) is 6.49. The fraction of sp³-hybridized carbons (Fsp3) is 0.889. The maximum absolute atomic E-state index is 12.5. The summed E-state index contributed by atoms with van der Waals surface area (Å²) in [5.74, 6) is 0.532. The molecule has 3 atom stereocenters. The fourth-order valence-electron chi connectivity index (χ4n) is 5.11. The molecule has 3 aliphatic rings. The fourth-order valence-corrected chi connectivity index (χ4v) is 5.11. The summed E-state index contributed by atoms with van der Waals surface area (Å²) in [6.45, 7) is 6.60. The molecule has 1 aliphatic heterocycles. The first-order chi connectivity index (χ1) is 10.1. The molecular formula is C18H27F3O. The van der Waals surface area contributed by atoms with E-state index in [9.17, 15) is 13.2 Å². The van der Waals surface area contributed by atoms with Crippen LogP contribution in [-0.2, 0) is 4.74 Å². The Hall–Kier alpha value is -0.510. The van der Waals surface area contributed by atoms with Crippen LogP contribution in [0.25, 0.3) is 0 Å². The van der Waals surface area contributed by atoms with Crippen LogP contribution in [0.4, 0.5) is 13.2 Å². The molecule has 2 aliphatic carbocycles. The first kappa shape index (κ1) is 16.4. The van der Waals surface area contributed by atoms with E-state index in [0.717, 1.165) is 31.3 Å². The van der Waals surface area contributed by atoms with E-state index in [4.69, 9.17) is 4.74 Å². The van der Waals surface area contributed by atoms with Gasteiger partial charge in [-0.1, -0.05) is 13.0 Å². The van der Waals surface area contributed by atoms with Gasteiger partial charge in [0.05, 0.1) is 11.2 Å². The first-order valence-corrected chi connectivity index (χ1v) is 8.55. The number of hydrogen-bond donors (Lipinski definition) is 0. The molecule has 126 valence electrons. The van der Waals surface area contributed by atoms with Crippen molar-refractivity contribution in [1.29, 1.82) is 0 Å². The molecule has 1 nitrogen and oxygen atoms in total. The number of rotatable bonds is 3. The Morgan fingerprint density at radius 3 is 2.64 bits per heavy atom. The zero-order chi connectivity index (χ0) is 16.2. The van der Waals surface area contributed by atoms with E-state index in [1.165, 1.54) is 6.42 Å². The third-order valence-electron chi connectivity index (χ3n) is 6.49. The van der Waals surface area contributed by atoms with Crippen molar-refractivity contribution >= 4 is 0 Å². The molecule has 0 N–H and O–H groups in total. The lowest BCUT2D eigenvalue weighted by Gasteiger charge is -2.52. The average molecular weight is 316 g/mol. The lowest BCUT2D eigenvalue weighted by molar-refractivity contribution is -0.140. The summed E-state index contributed by atoms with van der Waals surface area (Å²) in [5, 5.41) is 0. The SMILES string of the molecule is CC1(C)O[C@]23C[C@H]1CC[C@]2(C)CCC=C3CCCC(F)(F)F. The van der Waals surface area contributed by atoms with Gasteiger partial charge in [0.25, 0.3) is 0 Å². The highest BCUT2D eigenvalue weighted by Crippen LogP contribution is 2.65. The molecule has 4 heteroatoms. The van der Waals surface area contributed by atoms with Crippen molar-refractivity contribution < 1.29 is 17.9 Å². The number of fused-ring (bicyclic) bond motifs is 1. The Bertz CT molecular complexity index is 479. The van der Waals surface area contributed by atoms with Crippen molar-refractivity contribution in [2.75, 3.05) is 0 Å². The molecule has 1 spiro atoms. The molecular weight excluding hydrogens is 289 g/mol. The summed E-state index contributed by atoms with van der Waals surface area (Å²) >= 11 is 0. The molecule has 0 aromatic carbocycles. The van der Waals surface area contributed by atoms with Crippen LogP contribution >= 0.6 is 0 Å². The van der Waals surface area contributed by atoms with Gasteiger partial charge in [-0.05, 0) is 70.3 Å². The number of alkyl halides is 3. The highest BCUT2D eigenvalue weighted by atomic mass is 19.4. The summed E-state index contributed by atoms with van der Waals surface area (Å²) in [5.41, 5.74) is 0.793. The second-order valence-electron chi connectivity index (χ2n) is 8.27. The minimum atomic E-state index is -4.05. The van der Waals surface area contributed by atoms with E-state index < -0.39 is 12.6 Å². The monoisotopic (exact) mass is 316 g/mol. The Labute approximate surface area is 131 Å². The number of ether oxygens (including phenoxy) is 1. The first-order valence-electron chi connectivity index (χ1n) is 8.55. The molecule has 0 amide bonds. The molecule has 2 bridgehead atoms. The lowest BCUT2D eigenvalue weighted by Crippen LogP contribution is -2.51. The van der Waals surface area contributed by atoms with Crippen LogP contribution in [0.2, 0.25) is 0 Å². The minimum absolute atomic E-state index is 0.0968. The highest BCUT2D eigenvalue weighted by Gasteiger charge is 2.64. The topological polar surface area (TPSA) is 9.23 Å². The average Bonchev–Trinajstić information content (AvgIpc) is 2.60. The largest absolute Gasteiger partial charge is 0.389 e. The lowest BCUT2D eigenvalue weighted by atomic mass is 9.55. The van der Waals surface area contributed by atoms with Crippen LogP contribution in [0.5, 0.6) is 0 Å². The van der Waals surface area contributed by atoms with Gasteiger partial charge >= 0.3 is 6.18 Å². The summed E-state index contributed by atoms with van der Waals surface area (Å²) in [6.07, 6.45) is 3.53.